The summed E-state index contributed by atoms with van der Waals surface area (Å²) in [7, 11) is 0. The zero-order chi connectivity index (χ0) is 17.0. The van der Waals surface area contributed by atoms with Crippen molar-refractivity contribution in [3.8, 4) is 0 Å². The SMILES string of the molecule is O=C(NCC1(N2CCOCC2)CCCCC1)c1c(F)cccc1F. The van der Waals surface area contributed by atoms with Crippen LogP contribution in [0.4, 0.5) is 8.78 Å². The highest BCUT2D eigenvalue weighted by molar-refractivity contribution is 5.94. The first-order chi connectivity index (χ1) is 11.6. The molecule has 1 aliphatic carbocycles. The third-order valence-corrected chi connectivity index (χ3v) is 5.23. The van der Waals surface area contributed by atoms with Crippen LogP contribution in [0.15, 0.2) is 18.2 Å². The van der Waals surface area contributed by atoms with Crippen molar-refractivity contribution in [3.63, 3.8) is 0 Å². The van der Waals surface area contributed by atoms with Crippen LogP contribution in [0.25, 0.3) is 0 Å². The summed E-state index contributed by atoms with van der Waals surface area (Å²) in [5.41, 5.74) is -0.621. The highest BCUT2D eigenvalue weighted by atomic mass is 19.1. The predicted octanol–water partition coefficient (Wildman–Crippen LogP) is 2.73. The molecule has 1 N–H and O–H groups in total. The maximum absolute atomic E-state index is 13.8. The fourth-order valence-electron chi connectivity index (χ4n) is 3.90. The zero-order valence-electron chi connectivity index (χ0n) is 13.8. The maximum atomic E-state index is 13.8. The average molecular weight is 338 g/mol. The van der Waals surface area contributed by atoms with Crippen LogP contribution >= 0.6 is 0 Å². The molecule has 2 aliphatic rings. The third kappa shape index (κ3) is 3.59. The predicted molar refractivity (Wildman–Crippen MR) is 86.9 cm³/mol. The van der Waals surface area contributed by atoms with Gasteiger partial charge in [0.25, 0.3) is 5.91 Å². The van der Waals surface area contributed by atoms with Crippen LogP contribution in [0.3, 0.4) is 0 Å². The van der Waals surface area contributed by atoms with E-state index in [-0.39, 0.29) is 5.54 Å². The van der Waals surface area contributed by atoms with Gasteiger partial charge in [0, 0.05) is 25.2 Å². The molecule has 0 atom stereocenters. The molecular weight excluding hydrogens is 314 g/mol. The molecule has 0 bridgehead atoms. The first kappa shape index (κ1) is 17.3. The Hall–Kier alpha value is -1.53. The van der Waals surface area contributed by atoms with Gasteiger partial charge in [-0.3, -0.25) is 9.69 Å². The van der Waals surface area contributed by atoms with Gasteiger partial charge in [0.1, 0.15) is 17.2 Å². The van der Waals surface area contributed by atoms with E-state index in [1.807, 2.05) is 0 Å². The van der Waals surface area contributed by atoms with E-state index in [0.717, 1.165) is 50.9 Å². The minimum absolute atomic E-state index is 0.126. The van der Waals surface area contributed by atoms with Crippen LogP contribution in [-0.2, 0) is 4.74 Å². The van der Waals surface area contributed by atoms with Gasteiger partial charge in [-0.1, -0.05) is 25.3 Å². The second-order valence-electron chi connectivity index (χ2n) is 6.66. The smallest absolute Gasteiger partial charge is 0.257 e. The van der Waals surface area contributed by atoms with Crippen LogP contribution in [0.2, 0.25) is 0 Å². The van der Waals surface area contributed by atoms with E-state index in [1.54, 1.807) is 0 Å². The van der Waals surface area contributed by atoms with Crippen molar-refractivity contribution in [1.82, 2.24) is 10.2 Å². The van der Waals surface area contributed by atoms with E-state index in [4.69, 9.17) is 4.74 Å². The van der Waals surface area contributed by atoms with Crippen LogP contribution < -0.4 is 5.32 Å². The molecule has 1 saturated carbocycles. The van der Waals surface area contributed by atoms with E-state index in [0.29, 0.717) is 19.8 Å². The van der Waals surface area contributed by atoms with Gasteiger partial charge in [-0.05, 0) is 25.0 Å². The highest BCUT2D eigenvalue weighted by Gasteiger charge is 2.39. The summed E-state index contributed by atoms with van der Waals surface area (Å²) in [5.74, 6) is -2.32. The Kier molecular flexibility index (Phi) is 5.46. The molecule has 0 aromatic heterocycles. The summed E-state index contributed by atoms with van der Waals surface area (Å²) >= 11 is 0. The molecule has 1 aromatic carbocycles. The molecule has 0 unspecified atom stereocenters. The van der Waals surface area contributed by atoms with Gasteiger partial charge in [-0.2, -0.15) is 0 Å². The molecule has 6 heteroatoms. The fourth-order valence-corrected chi connectivity index (χ4v) is 3.90. The molecule has 0 radical (unpaired) electrons. The van der Waals surface area contributed by atoms with E-state index in [9.17, 15) is 13.6 Å². The summed E-state index contributed by atoms with van der Waals surface area (Å²) in [4.78, 5) is 14.7. The summed E-state index contributed by atoms with van der Waals surface area (Å²) in [6, 6.07) is 3.48. The third-order valence-electron chi connectivity index (χ3n) is 5.23. The Morgan fingerprint density at radius 3 is 2.38 bits per heavy atom. The van der Waals surface area contributed by atoms with Crippen molar-refractivity contribution in [2.24, 2.45) is 0 Å². The number of rotatable bonds is 4. The van der Waals surface area contributed by atoms with Gasteiger partial charge in [0.15, 0.2) is 0 Å². The Bertz CT molecular complexity index is 562. The van der Waals surface area contributed by atoms with Crippen molar-refractivity contribution >= 4 is 5.91 Å². The van der Waals surface area contributed by atoms with Crippen molar-refractivity contribution in [2.45, 2.75) is 37.6 Å². The molecule has 1 aromatic rings. The summed E-state index contributed by atoms with van der Waals surface area (Å²) in [5, 5.41) is 2.79. The average Bonchev–Trinajstić information content (AvgIpc) is 2.61. The topological polar surface area (TPSA) is 41.6 Å². The minimum Gasteiger partial charge on any atom is -0.379 e. The first-order valence-corrected chi connectivity index (χ1v) is 8.67. The molecule has 4 nitrogen and oxygen atoms in total. The van der Waals surface area contributed by atoms with Crippen LogP contribution in [0.1, 0.15) is 42.5 Å². The van der Waals surface area contributed by atoms with Crippen LogP contribution in [0, 0.1) is 11.6 Å². The fraction of sp³-hybridized carbons (Fsp3) is 0.611. The highest BCUT2D eigenvalue weighted by Crippen LogP contribution is 2.34. The standard InChI is InChI=1S/C18H24F2N2O2/c19-14-5-4-6-15(20)16(14)17(23)21-13-18(7-2-1-3-8-18)22-9-11-24-12-10-22/h4-6H,1-3,7-13H2,(H,21,23). The molecule has 2 fully saturated rings. The number of benzene rings is 1. The number of halogens is 2. The summed E-state index contributed by atoms with van der Waals surface area (Å²) in [6.45, 7) is 3.47. The second kappa shape index (κ2) is 7.57. The van der Waals surface area contributed by atoms with Gasteiger partial charge in [0.2, 0.25) is 0 Å². The lowest BCUT2D eigenvalue weighted by molar-refractivity contribution is -0.0361. The monoisotopic (exact) mass is 338 g/mol. The lowest BCUT2D eigenvalue weighted by Crippen LogP contribution is -2.59. The maximum Gasteiger partial charge on any atom is 0.257 e. The Morgan fingerprint density at radius 1 is 1.12 bits per heavy atom. The van der Waals surface area contributed by atoms with Gasteiger partial charge in [-0.15, -0.1) is 0 Å². The first-order valence-electron chi connectivity index (χ1n) is 8.67. The number of amides is 1. The quantitative estimate of drug-likeness (QED) is 0.918. The normalized spacial score (nSPS) is 21.4. The van der Waals surface area contributed by atoms with Gasteiger partial charge in [-0.25, -0.2) is 8.78 Å². The molecule has 1 heterocycles. The molecule has 132 valence electrons. The van der Waals surface area contributed by atoms with E-state index < -0.39 is 23.1 Å². The van der Waals surface area contributed by atoms with Crippen molar-refractivity contribution in [1.29, 1.82) is 0 Å². The van der Waals surface area contributed by atoms with Crippen molar-refractivity contribution in [2.75, 3.05) is 32.8 Å². The molecule has 1 amide bonds. The number of carbonyl (C=O) groups is 1. The minimum atomic E-state index is -0.823. The van der Waals surface area contributed by atoms with E-state index in [2.05, 4.69) is 10.2 Å². The van der Waals surface area contributed by atoms with E-state index >= 15 is 0 Å². The summed E-state index contributed by atoms with van der Waals surface area (Å²) in [6.07, 6.45) is 5.41. The second-order valence-corrected chi connectivity index (χ2v) is 6.66. The number of ether oxygens (including phenoxy) is 1. The molecule has 1 saturated heterocycles. The number of morpholine rings is 1. The summed E-state index contributed by atoms with van der Waals surface area (Å²) < 4.78 is 33.0. The lowest BCUT2D eigenvalue weighted by Gasteiger charge is -2.48. The molecule has 3 rings (SSSR count). The number of hydrogen-bond donors (Lipinski definition) is 1. The lowest BCUT2D eigenvalue weighted by atomic mass is 9.79. The Balaban J connectivity index is 1.72. The van der Waals surface area contributed by atoms with Gasteiger partial charge in [0.05, 0.1) is 13.2 Å². The Morgan fingerprint density at radius 2 is 1.75 bits per heavy atom. The van der Waals surface area contributed by atoms with Crippen molar-refractivity contribution < 1.29 is 18.3 Å². The van der Waals surface area contributed by atoms with E-state index in [1.165, 1.54) is 12.5 Å². The molecule has 1 aliphatic heterocycles. The Labute approximate surface area is 141 Å². The van der Waals surface area contributed by atoms with Gasteiger partial charge >= 0.3 is 0 Å². The molecular formula is C18H24F2N2O2. The largest absolute Gasteiger partial charge is 0.379 e. The number of nitrogens with one attached hydrogen (secondary N) is 1. The molecule has 24 heavy (non-hydrogen) atoms. The van der Waals surface area contributed by atoms with Crippen LogP contribution in [-0.4, -0.2) is 49.2 Å². The number of hydrogen-bond acceptors (Lipinski definition) is 3. The molecule has 0 spiro atoms. The van der Waals surface area contributed by atoms with Crippen molar-refractivity contribution in [3.05, 3.63) is 35.4 Å². The zero-order valence-corrected chi connectivity index (χ0v) is 13.8. The number of carbonyl (C=O) groups excluding carboxylic acids is 1. The van der Waals surface area contributed by atoms with Gasteiger partial charge < -0.3 is 10.1 Å². The van der Waals surface area contributed by atoms with Crippen LogP contribution in [0.5, 0.6) is 0 Å². The number of nitrogens with zero attached hydrogens (tertiary/aromatic N) is 1.